The number of imidazole rings is 1. The summed E-state index contributed by atoms with van der Waals surface area (Å²) in [6.07, 6.45) is 2.58. The van der Waals surface area contributed by atoms with E-state index in [9.17, 15) is 14.0 Å². The van der Waals surface area contributed by atoms with E-state index < -0.39 is 5.97 Å². The van der Waals surface area contributed by atoms with Gasteiger partial charge >= 0.3 is 5.97 Å². The molecule has 32 heavy (non-hydrogen) atoms. The van der Waals surface area contributed by atoms with Crippen LogP contribution in [0.3, 0.4) is 0 Å². The van der Waals surface area contributed by atoms with Gasteiger partial charge in [-0.2, -0.15) is 0 Å². The van der Waals surface area contributed by atoms with E-state index in [1.54, 1.807) is 43.3 Å². The molecule has 4 aromatic rings. The lowest BCUT2D eigenvalue weighted by Gasteiger charge is -2.08. The monoisotopic (exact) mass is 431 g/mol. The number of nitrogens with one attached hydrogen (secondary N) is 1. The Hall–Kier alpha value is -4.00. The number of hydrogen-bond donors (Lipinski definition) is 1. The average molecular weight is 431 g/mol. The predicted octanol–water partition coefficient (Wildman–Crippen LogP) is 4.89. The van der Waals surface area contributed by atoms with E-state index in [0.29, 0.717) is 24.3 Å². The van der Waals surface area contributed by atoms with Gasteiger partial charge in [0.05, 0.1) is 23.6 Å². The van der Waals surface area contributed by atoms with Crippen molar-refractivity contribution >= 4 is 23.2 Å². The van der Waals surface area contributed by atoms with Crippen LogP contribution in [-0.4, -0.2) is 27.9 Å². The first kappa shape index (κ1) is 21.2. The number of carbonyl (C=O) groups is 2. The van der Waals surface area contributed by atoms with Gasteiger partial charge in [-0.05, 0) is 74.0 Å². The summed E-state index contributed by atoms with van der Waals surface area (Å²) in [6, 6.07) is 18.4. The second-order valence-corrected chi connectivity index (χ2v) is 7.19. The number of halogens is 1. The molecular formula is C25H22FN3O3. The lowest BCUT2D eigenvalue weighted by molar-refractivity contribution is -0.116. The fourth-order valence-electron chi connectivity index (χ4n) is 3.48. The van der Waals surface area contributed by atoms with Gasteiger partial charge in [0, 0.05) is 23.9 Å². The largest absolute Gasteiger partial charge is 0.462 e. The Balaban J connectivity index is 1.49. The minimum atomic E-state index is -0.397. The van der Waals surface area contributed by atoms with Crippen molar-refractivity contribution in [1.29, 1.82) is 0 Å². The van der Waals surface area contributed by atoms with E-state index in [4.69, 9.17) is 4.74 Å². The van der Waals surface area contributed by atoms with Crippen LogP contribution in [-0.2, 0) is 16.0 Å². The first-order valence-electron chi connectivity index (χ1n) is 10.3. The van der Waals surface area contributed by atoms with Crippen LogP contribution in [0.2, 0.25) is 0 Å². The number of aromatic nitrogens is 2. The molecule has 162 valence electrons. The molecule has 6 nitrogen and oxygen atoms in total. The molecule has 0 bridgehead atoms. The predicted molar refractivity (Wildman–Crippen MR) is 120 cm³/mol. The summed E-state index contributed by atoms with van der Waals surface area (Å²) in [4.78, 5) is 29.0. The van der Waals surface area contributed by atoms with Gasteiger partial charge in [-0.3, -0.25) is 4.79 Å². The van der Waals surface area contributed by atoms with Crippen LogP contribution in [0.5, 0.6) is 0 Å². The normalized spacial score (nSPS) is 10.8. The smallest absolute Gasteiger partial charge is 0.338 e. The molecule has 0 aliphatic heterocycles. The summed E-state index contributed by atoms with van der Waals surface area (Å²) < 4.78 is 20.3. The average Bonchev–Trinajstić information content (AvgIpc) is 3.17. The van der Waals surface area contributed by atoms with Crippen molar-refractivity contribution in [3.8, 4) is 11.3 Å². The molecule has 2 heterocycles. The van der Waals surface area contributed by atoms with Gasteiger partial charge in [0.2, 0.25) is 5.91 Å². The summed E-state index contributed by atoms with van der Waals surface area (Å²) >= 11 is 0. The van der Waals surface area contributed by atoms with E-state index >= 15 is 0 Å². The molecular weight excluding hydrogens is 409 g/mol. The Labute approximate surface area is 184 Å². The number of benzene rings is 2. The Kier molecular flexibility index (Phi) is 6.26. The van der Waals surface area contributed by atoms with E-state index in [2.05, 4.69) is 10.3 Å². The molecule has 0 saturated heterocycles. The van der Waals surface area contributed by atoms with Crippen LogP contribution in [0, 0.1) is 5.82 Å². The molecule has 4 rings (SSSR count). The van der Waals surface area contributed by atoms with E-state index in [-0.39, 0.29) is 18.1 Å². The number of aryl methyl sites for hydroxylation is 1. The highest BCUT2D eigenvalue weighted by molar-refractivity contribution is 5.93. The maximum absolute atomic E-state index is 13.4. The number of amides is 1. The zero-order chi connectivity index (χ0) is 22.5. The number of carbonyl (C=O) groups excluding carboxylic acids is 2. The lowest BCUT2D eigenvalue weighted by atomic mass is 10.1. The van der Waals surface area contributed by atoms with Crippen LogP contribution in [0.25, 0.3) is 16.9 Å². The van der Waals surface area contributed by atoms with Crippen LogP contribution >= 0.6 is 0 Å². The number of rotatable bonds is 7. The van der Waals surface area contributed by atoms with Crippen molar-refractivity contribution in [2.24, 2.45) is 0 Å². The van der Waals surface area contributed by atoms with E-state index in [0.717, 1.165) is 22.6 Å². The van der Waals surface area contributed by atoms with Crippen molar-refractivity contribution in [3.05, 3.63) is 90.0 Å². The molecule has 0 spiro atoms. The van der Waals surface area contributed by atoms with Crippen LogP contribution < -0.4 is 5.32 Å². The number of ether oxygens (including phenoxy) is 1. The molecule has 0 unspecified atom stereocenters. The number of fused-ring (bicyclic) bond motifs is 1. The van der Waals surface area contributed by atoms with Gasteiger partial charge < -0.3 is 14.5 Å². The summed E-state index contributed by atoms with van der Waals surface area (Å²) in [5.41, 5.74) is 4.18. The second kappa shape index (κ2) is 9.43. The van der Waals surface area contributed by atoms with Crippen molar-refractivity contribution in [3.63, 3.8) is 0 Å². The summed E-state index contributed by atoms with van der Waals surface area (Å²) in [6.45, 7) is 2.05. The minimum Gasteiger partial charge on any atom is -0.462 e. The molecule has 0 fully saturated rings. The van der Waals surface area contributed by atoms with Crippen molar-refractivity contribution in [2.45, 2.75) is 19.8 Å². The zero-order valence-electron chi connectivity index (χ0n) is 17.5. The quantitative estimate of drug-likeness (QED) is 0.423. The lowest BCUT2D eigenvalue weighted by Crippen LogP contribution is -2.13. The fourth-order valence-corrected chi connectivity index (χ4v) is 3.48. The Bertz CT molecular complexity index is 1250. The molecule has 0 aliphatic rings. The molecule has 0 atom stereocenters. The Morgan fingerprint density at radius 3 is 2.50 bits per heavy atom. The highest BCUT2D eigenvalue weighted by Crippen LogP contribution is 2.26. The first-order valence-corrected chi connectivity index (χ1v) is 10.3. The van der Waals surface area contributed by atoms with Crippen molar-refractivity contribution in [1.82, 2.24) is 9.38 Å². The van der Waals surface area contributed by atoms with Crippen molar-refractivity contribution < 1.29 is 18.7 Å². The molecule has 0 saturated carbocycles. The molecule has 1 N–H and O–H groups in total. The molecule has 2 aromatic heterocycles. The van der Waals surface area contributed by atoms with Gasteiger partial charge in [-0.25, -0.2) is 14.2 Å². The van der Waals surface area contributed by atoms with Crippen LogP contribution in [0.1, 0.15) is 29.4 Å². The summed E-state index contributed by atoms with van der Waals surface area (Å²) in [5, 5.41) is 2.85. The fraction of sp³-hybridized carbons (Fsp3) is 0.160. The summed E-state index contributed by atoms with van der Waals surface area (Å²) in [7, 11) is 0. The molecule has 0 aliphatic carbocycles. The van der Waals surface area contributed by atoms with Crippen molar-refractivity contribution in [2.75, 3.05) is 11.9 Å². The topological polar surface area (TPSA) is 72.7 Å². The minimum absolute atomic E-state index is 0.162. The van der Waals surface area contributed by atoms with Crippen LogP contribution in [0.15, 0.2) is 72.9 Å². The van der Waals surface area contributed by atoms with Gasteiger partial charge in [-0.15, -0.1) is 0 Å². The SMILES string of the molecule is CCOC(=O)c1ccc(NC(=O)CCc2c(-c3ccc(F)cc3)nc3ccccn23)cc1. The maximum atomic E-state index is 13.4. The Morgan fingerprint density at radius 2 is 1.78 bits per heavy atom. The highest BCUT2D eigenvalue weighted by atomic mass is 19.1. The third-order valence-corrected chi connectivity index (χ3v) is 5.02. The van der Waals surface area contributed by atoms with Gasteiger partial charge in [0.1, 0.15) is 11.5 Å². The third-order valence-electron chi connectivity index (χ3n) is 5.02. The molecule has 1 amide bonds. The Morgan fingerprint density at radius 1 is 1.03 bits per heavy atom. The number of anilines is 1. The van der Waals surface area contributed by atoms with Gasteiger partial charge in [0.15, 0.2) is 0 Å². The zero-order valence-corrected chi connectivity index (χ0v) is 17.5. The van der Waals surface area contributed by atoms with E-state index in [1.165, 1.54) is 12.1 Å². The molecule has 0 radical (unpaired) electrons. The second-order valence-electron chi connectivity index (χ2n) is 7.19. The number of pyridine rings is 1. The molecule has 2 aromatic carbocycles. The van der Waals surface area contributed by atoms with E-state index in [1.807, 2.05) is 28.8 Å². The van der Waals surface area contributed by atoms with Gasteiger partial charge in [0.25, 0.3) is 0 Å². The molecule has 7 heteroatoms. The number of nitrogens with zero attached hydrogens (tertiary/aromatic N) is 2. The summed E-state index contributed by atoms with van der Waals surface area (Å²) in [5.74, 6) is -0.872. The highest BCUT2D eigenvalue weighted by Gasteiger charge is 2.15. The number of hydrogen-bond acceptors (Lipinski definition) is 4. The first-order chi connectivity index (χ1) is 15.5. The standard InChI is InChI=1S/C25H22FN3O3/c1-2-32-25(31)18-8-12-20(13-9-18)27-23(30)15-14-21-24(17-6-10-19(26)11-7-17)28-22-5-3-4-16-29(21)22/h3-13,16H,2,14-15H2,1H3,(H,27,30). The van der Waals surface area contributed by atoms with Crippen LogP contribution in [0.4, 0.5) is 10.1 Å². The van der Waals surface area contributed by atoms with Gasteiger partial charge in [-0.1, -0.05) is 6.07 Å². The third kappa shape index (κ3) is 4.67. The maximum Gasteiger partial charge on any atom is 0.338 e. The number of esters is 1.